The van der Waals surface area contributed by atoms with Crippen molar-refractivity contribution < 1.29 is 9.90 Å². The third kappa shape index (κ3) is 2.80. The molecule has 0 radical (unpaired) electrons. The quantitative estimate of drug-likeness (QED) is 0.773. The van der Waals surface area contributed by atoms with Crippen LogP contribution in [0.25, 0.3) is 10.9 Å². The van der Waals surface area contributed by atoms with Gasteiger partial charge in [-0.2, -0.15) is 0 Å². The van der Waals surface area contributed by atoms with Gasteiger partial charge in [0.05, 0.1) is 0 Å². The SMILES string of the molecule is Cc1ccc2c(cc(C)n2CCCCC(=O)[O-])c1C. The van der Waals surface area contributed by atoms with Gasteiger partial charge in [-0.3, -0.25) is 0 Å². The van der Waals surface area contributed by atoms with Crippen LogP contribution >= 0.6 is 0 Å². The maximum absolute atomic E-state index is 10.4. The zero-order valence-electron chi connectivity index (χ0n) is 11.8. The van der Waals surface area contributed by atoms with Gasteiger partial charge in [-0.1, -0.05) is 6.07 Å². The van der Waals surface area contributed by atoms with Crippen molar-refractivity contribution >= 4 is 16.9 Å². The van der Waals surface area contributed by atoms with E-state index in [0.717, 1.165) is 13.0 Å². The first-order valence-electron chi connectivity index (χ1n) is 6.76. The number of nitrogens with zero attached hydrogens (tertiary/aromatic N) is 1. The predicted octanol–water partition coefficient (Wildman–Crippen LogP) is 2.49. The van der Waals surface area contributed by atoms with Crippen molar-refractivity contribution in [2.24, 2.45) is 0 Å². The van der Waals surface area contributed by atoms with E-state index < -0.39 is 5.97 Å². The van der Waals surface area contributed by atoms with E-state index in [-0.39, 0.29) is 6.42 Å². The third-order valence-electron chi connectivity index (χ3n) is 3.85. The summed E-state index contributed by atoms with van der Waals surface area (Å²) in [5, 5.41) is 11.7. The number of unbranched alkanes of at least 4 members (excludes halogenated alkanes) is 1. The summed E-state index contributed by atoms with van der Waals surface area (Å²) in [5.41, 5.74) is 5.11. The minimum atomic E-state index is -0.958. The van der Waals surface area contributed by atoms with E-state index in [1.807, 2.05) is 0 Å². The smallest absolute Gasteiger partial charge is 0.0485 e. The van der Waals surface area contributed by atoms with Crippen LogP contribution in [0.5, 0.6) is 0 Å². The van der Waals surface area contributed by atoms with Crippen molar-refractivity contribution in [3.63, 3.8) is 0 Å². The molecule has 0 atom stereocenters. The van der Waals surface area contributed by atoms with E-state index in [9.17, 15) is 9.90 Å². The number of benzene rings is 1. The predicted molar refractivity (Wildman–Crippen MR) is 75.0 cm³/mol. The average molecular weight is 258 g/mol. The number of hydrogen-bond donors (Lipinski definition) is 0. The molecule has 1 aromatic heterocycles. The molecule has 102 valence electrons. The van der Waals surface area contributed by atoms with Crippen LogP contribution in [-0.2, 0) is 11.3 Å². The molecule has 0 spiro atoms. The number of fused-ring (bicyclic) bond motifs is 1. The van der Waals surface area contributed by atoms with Crippen LogP contribution < -0.4 is 5.11 Å². The van der Waals surface area contributed by atoms with Gasteiger partial charge in [0.2, 0.25) is 0 Å². The van der Waals surface area contributed by atoms with Crippen LogP contribution in [0.3, 0.4) is 0 Å². The minimum absolute atomic E-state index is 0.149. The first kappa shape index (κ1) is 13.7. The van der Waals surface area contributed by atoms with E-state index >= 15 is 0 Å². The van der Waals surface area contributed by atoms with Crippen LogP contribution in [0.2, 0.25) is 0 Å². The molecule has 19 heavy (non-hydrogen) atoms. The summed E-state index contributed by atoms with van der Waals surface area (Å²) < 4.78 is 2.27. The van der Waals surface area contributed by atoms with Crippen molar-refractivity contribution in [1.82, 2.24) is 4.57 Å². The molecule has 1 heterocycles. The summed E-state index contributed by atoms with van der Waals surface area (Å²) in [6.07, 6.45) is 1.69. The fraction of sp³-hybridized carbons (Fsp3) is 0.438. The van der Waals surface area contributed by atoms with Gasteiger partial charge in [0, 0.05) is 29.1 Å². The highest BCUT2D eigenvalue weighted by atomic mass is 16.4. The summed E-state index contributed by atoms with van der Waals surface area (Å²) in [5.74, 6) is -0.958. The normalized spacial score (nSPS) is 11.1. The molecule has 3 heteroatoms. The third-order valence-corrected chi connectivity index (χ3v) is 3.85. The highest BCUT2D eigenvalue weighted by Gasteiger charge is 2.08. The summed E-state index contributed by atoms with van der Waals surface area (Å²) in [6, 6.07) is 6.52. The number of hydrogen-bond acceptors (Lipinski definition) is 2. The zero-order chi connectivity index (χ0) is 14.0. The Hall–Kier alpha value is -1.77. The number of carbonyl (C=O) groups excluding carboxylic acids is 1. The van der Waals surface area contributed by atoms with Gasteiger partial charge in [-0.15, -0.1) is 0 Å². The molecule has 0 amide bonds. The molecule has 0 aliphatic carbocycles. The standard InChI is InChI=1S/C16H21NO2/c1-11-7-8-15-14(13(11)3)10-12(2)17(15)9-5-4-6-16(18)19/h7-8,10H,4-6,9H2,1-3H3,(H,18,19)/p-1. The molecule has 0 aliphatic heterocycles. The summed E-state index contributed by atoms with van der Waals surface area (Å²) in [6.45, 7) is 7.25. The molecule has 0 fully saturated rings. The number of aliphatic carboxylic acids is 1. The maximum atomic E-state index is 10.4. The van der Waals surface area contributed by atoms with Gasteiger partial charge in [0.1, 0.15) is 0 Å². The van der Waals surface area contributed by atoms with Gasteiger partial charge in [-0.25, -0.2) is 0 Å². The topological polar surface area (TPSA) is 45.1 Å². The van der Waals surface area contributed by atoms with Crippen LogP contribution in [0.4, 0.5) is 0 Å². The first-order chi connectivity index (χ1) is 9.00. The molecule has 0 unspecified atom stereocenters. The van der Waals surface area contributed by atoms with Gasteiger partial charge < -0.3 is 14.5 Å². The van der Waals surface area contributed by atoms with Crippen molar-refractivity contribution in [2.75, 3.05) is 0 Å². The number of aromatic nitrogens is 1. The van der Waals surface area contributed by atoms with E-state index in [2.05, 4.69) is 43.5 Å². The van der Waals surface area contributed by atoms with E-state index in [1.54, 1.807) is 0 Å². The Morgan fingerprint density at radius 2 is 1.95 bits per heavy atom. The van der Waals surface area contributed by atoms with Crippen LogP contribution in [-0.4, -0.2) is 10.5 Å². The minimum Gasteiger partial charge on any atom is -0.550 e. The molecular weight excluding hydrogens is 238 g/mol. The molecule has 0 N–H and O–H groups in total. The second-order valence-electron chi connectivity index (χ2n) is 5.21. The second kappa shape index (κ2) is 5.47. The summed E-state index contributed by atoms with van der Waals surface area (Å²) in [7, 11) is 0. The fourth-order valence-corrected chi connectivity index (χ4v) is 2.55. The molecule has 2 rings (SSSR count). The van der Waals surface area contributed by atoms with Gasteiger partial charge in [0.25, 0.3) is 0 Å². The van der Waals surface area contributed by atoms with Gasteiger partial charge >= 0.3 is 0 Å². The highest BCUT2D eigenvalue weighted by molar-refractivity contribution is 5.85. The Morgan fingerprint density at radius 1 is 1.21 bits per heavy atom. The monoisotopic (exact) mass is 258 g/mol. The number of carboxylic acid groups (broad SMARTS) is 1. The van der Waals surface area contributed by atoms with Crippen LogP contribution in [0, 0.1) is 20.8 Å². The lowest BCUT2D eigenvalue weighted by Crippen LogP contribution is -2.21. The molecule has 1 aromatic carbocycles. The lowest BCUT2D eigenvalue weighted by molar-refractivity contribution is -0.305. The van der Waals surface area contributed by atoms with Gasteiger partial charge in [-0.05, 0) is 63.3 Å². The van der Waals surface area contributed by atoms with Gasteiger partial charge in [0.15, 0.2) is 0 Å². The Kier molecular flexibility index (Phi) is 3.93. The summed E-state index contributed by atoms with van der Waals surface area (Å²) >= 11 is 0. The highest BCUT2D eigenvalue weighted by Crippen LogP contribution is 2.25. The Bertz CT molecular complexity index is 611. The molecule has 0 saturated heterocycles. The number of carbonyl (C=O) groups is 1. The van der Waals surface area contributed by atoms with Crippen LogP contribution in [0.15, 0.2) is 18.2 Å². The number of carboxylic acids is 1. The molecule has 0 saturated carbocycles. The maximum Gasteiger partial charge on any atom is 0.0485 e. The lowest BCUT2D eigenvalue weighted by Gasteiger charge is -2.09. The zero-order valence-corrected chi connectivity index (χ0v) is 11.8. The Morgan fingerprint density at radius 3 is 2.63 bits per heavy atom. The van der Waals surface area contributed by atoms with Crippen molar-refractivity contribution in [3.05, 3.63) is 35.0 Å². The molecular formula is C16H20NO2-. The Labute approximate surface area is 113 Å². The van der Waals surface area contributed by atoms with E-state index in [4.69, 9.17) is 0 Å². The van der Waals surface area contributed by atoms with E-state index in [1.165, 1.54) is 27.7 Å². The van der Waals surface area contributed by atoms with Crippen molar-refractivity contribution in [3.8, 4) is 0 Å². The first-order valence-corrected chi connectivity index (χ1v) is 6.76. The largest absolute Gasteiger partial charge is 0.550 e. The average Bonchev–Trinajstić information content (AvgIpc) is 2.67. The second-order valence-corrected chi connectivity index (χ2v) is 5.21. The van der Waals surface area contributed by atoms with Crippen molar-refractivity contribution in [1.29, 1.82) is 0 Å². The van der Waals surface area contributed by atoms with Crippen LogP contribution in [0.1, 0.15) is 36.1 Å². The van der Waals surface area contributed by atoms with Crippen molar-refractivity contribution in [2.45, 2.75) is 46.6 Å². The summed E-state index contributed by atoms with van der Waals surface area (Å²) in [4.78, 5) is 10.4. The molecule has 0 aliphatic rings. The number of rotatable bonds is 5. The molecule has 2 aromatic rings. The lowest BCUT2D eigenvalue weighted by atomic mass is 10.1. The fourth-order valence-electron chi connectivity index (χ4n) is 2.55. The van der Waals surface area contributed by atoms with E-state index in [0.29, 0.717) is 6.42 Å². The number of aryl methyl sites for hydroxylation is 4. The Balaban J connectivity index is 2.21. The molecule has 3 nitrogen and oxygen atoms in total. The molecule has 0 bridgehead atoms.